The van der Waals surface area contributed by atoms with Gasteiger partial charge in [-0.25, -0.2) is 13.1 Å². The van der Waals surface area contributed by atoms with Crippen LogP contribution in [0.1, 0.15) is 11.1 Å². The second-order valence-electron chi connectivity index (χ2n) is 5.71. The average Bonchev–Trinajstić information content (AvgIpc) is 2.51. The summed E-state index contributed by atoms with van der Waals surface area (Å²) in [5.74, 6) is -0.122. The van der Waals surface area contributed by atoms with Crippen molar-refractivity contribution in [1.29, 1.82) is 0 Å². The van der Waals surface area contributed by atoms with Crippen molar-refractivity contribution in [3.8, 4) is 0 Å². The number of benzene rings is 2. The maximum atomic E-state index is 12.1. The van der Waals surface area contributed by atoms with Gasteiger partial charge < -0.3 is 4.90 Å². The molecule has 0 atom stereocenters. The molecule has 24 heavy (non-hydrogen) atoms. The lowest BCUT2D eigenvalue weighted by Gasteiger charge is -2.13. The Balaban J connectivity index is 1.89. The van der Waals surface area contributed by atoms with Crippen molar-refractivity contribution in [2.24, 2.45) is 0 Å². The average molecular weight is 387 g/mol. The molecule has 0 aliphatic rings. The zero-order valence-electron chi connectivity index (χ0n) is 13.6. The predicted molar refractivity (Wildman–Crippen MR) is 102 cm³/mol. The van der Waals surface area contributed by atoms with Gasteiger partial charge in [0.2, 0.25) is 10.0 Å². The van der Waals surface area contributed by atoms with Crippen molar-refractivity contribution in [3.63, 3.8) is 0 Å². The predicted octanol–water partition coefficient (Wildman–Crippen LogP) is 3.72. The summed E-state index contributed by atoms with van der Waals surface area (Å²) < 4.78 is 26.9. The van der Waals surface area contributed by atoms with E-state index in [9.17, 15) is 8.42 Å². The standard InChI is InChI=1S/C17H20Cl2N2O2S/c1-21(2)15-6-3-13(4-7-15)9-10-20-24(22,23)12-14-5-8-16(18)17(19)11-14/h3-8,11,20H,9-10,12H2,1-2H3. The molecular formula is C17H20Cl2N2O2S. The van der Waals surface area contributed by atoms with E-state index in [4.69, 9.17) is 23.2 Å². The van der Waals surface area contributed by atoms with E-state index in [0.717, 1.165) is 11.3 Å². The van der Waals surface area contributed by atoms with Gasteiger partial charge in [-0.2, -0.15) is 0 Å². The van der Waals surface area contributed by atoms with Gasteiger partial charge in [0.25, 0.3) is 0 Å². The summed E-state index contributed by atoms with van der Waals surface area (Å²) in [4.78, 5) is 2.02. The number of nitrogens with zero attached hydrogens (tertiary/aromatic N) is 1. The molecule has 7 heteroatoms. The summed E-state index contributed by atoms with van der Waals surface area (Å²) in [7, 11) is 0.541. The third-order valence-corrected chi connectivity index (χ3v) is 5.63. The largest absolute Gasteiger partial charge is 0.378 e. The van der Waals surface area contributed by atoms with Crippen molar-refractivity contribution in [2.45, 2.75) is 12.2 Å². The van der Waals surface area contributed by atoms with Crippen LogP contribution in [0.4, 0.5) is 5.69 Å². The van der Waals surface area contributed by atoms with Gasteiger partial charge in [-0.3, -0.25) is 0 Å². The molecule has 0 unspecified atom stereocenters. The number of rotatable bonds is 7. The second kappa shape index (κ2) is 8.21. The van der Waals surface area contributed by atoms with E-state index in [-0.39, 0.29) is 5.75 Å². The lowest BCUT2D eigenvalue weighted by atomic mass is 10.1. The van der Waals surface area contributed by atoms with Crippen LogP contribution in [0.25, 0.3) is 0 Å². The fraction of sp³-hybridized carbons (Fsp3) is 0.294. The summed E-state index contributed by atoms with van der Waals surface area (Å²) in [5.41, 5.74) is 2.80. The summed E-state index contributed by atoms with van der Waals surface area (Å²) in [6.45, 7) is 0.352. The van der Waals surface area contributed by atoms with Gasteiger partial charge in [0.15, 0.2) is 0 Å². The van der Waals surface area contributed by atoms with Crippen molar-refractivity contribution in [1.82, 2.24) is 4.72 Å². The van der Waals surface area contributed by atoms with Crippen LogP contribution in [0.2, 0.25) is 10.0 Å². The highest BCUT2D eigenvalue weighted by molar-refractivity contribution is 7.88. The molecule has 0 aliphatic carbocycles. The highest BCUT2D eigenvalue weighted by Crippen LogP contribution is 2.23. The fourth-order valence-corrected chi connectivity index (χ4v) is 3.67. The molecule has 0 saturated heterocycles. The first-order valence-electron chi connectivity index (χ1n) is 7.44. The zero-order valence-corrected chi connectivity index (χ0v) is 15.9. The molecule has 0 fully saturated rings. The Kier molecular flexibility index (Phi) is 6.52. The first-order chi connectivity index (χ1) is 11.3. The Morgan fingerprint density at radius 2 is 1.58 bits per heavy atom. The molecule has 2 aromatic carbocycles. The summed E-state index contributed by atoms with van der Waals surface area (Å²) in [6.07, 6.45) is 0.633. The van der Waals surface area contributed by atoms with Gasteiger partial charge in [0.05, 0.1) is 15.8 Å². The number of hydrogen-bond donors (Lipinski definition) is 1. The highest BCUT2D eigenvalue weighted by Gasteiger charge is 2.12. The molecule has 0 radical (unpaired) electrons. The van der Waals surface area contributed by atoms with Gasteiger partial charge >= 0.3 is 0 Å². The molecule has 0 bridgehead atoms. The van der Waals surface area contributed by atoms with Crippen molar-refractivity contribution >= 4 is 38.9 Å². The maximum absolute atomic E-state index is 12.1. The Bertz CT molecular complexity index is 791. The molecule has 0 aromatic heterocycles. The first kappa shape index (κ1) is 19.1. The third-order valence-electron chi connectivity index (χ3n) is 3.53. The highest BCUT2D eigenvalue weighted by atomic mass is 35.5. The molecule has 130 valence electrons. The van der Waals surface area contributed by atoms with E-state index in [1.807, 2.05) is 43.3 Å². The Labute approximate surface area is 153 Å². The SMILES string of the molecule is CN(C)c1ccc(CCNS(=O)(=O)Cc2ccc(Cl)c(Cl)c2)cc1. The lowest BCUT2D eigenvalue weighted by molar-refractivity contribution is 0.581. The maximum Gasteiger partial charge on any atom is 0.215 e. The zero-order chi connectivity index (χ0) is 17.7. The van der Waals surface area contributed by atoms with Gasteiger partial charge in [-0.15, -0.1) is 0 Å². The summed E-state index contributed by atoms with van der Waals surface area (Å²) in [5, 5.41) is 0.761. The molecule has 0 saturated carbocycles. The van der Waals surface area contributed by atoms with Crippen LogP contribution in [0, 0.1) is 0 Å². The number of sulfonamides is 1. The molecular weight excluding hydrogens is 367 g/mol. The summed E-state index contributed by atoms with van der Waals surface area (Å²) in [6, 6.07) is 12.9. The van der Waals surface area contributed by atoms with Crippen molar-refractivity contribution < 1.29 is 8.42 Å². The van der Waals surface area contributed by atoms with E-state index < -0.39 is 10.0 Å². The molecule has 2 aromatic rings. The van der Waals surface area contributed by atoms with E-state index in [1.54, 1.807) is 18.2 Å². The Hall–Kier alpha value is -1.27. The van der Waals surface area contributed by atoms with E-state index >= 15 is 0 Å². The van der Waals surface area contributed by atoms with Crippen LogP contribution < -0.4 is 9.62 Å². The minimum atomic E-state index is -3.42. The van der Waals surface area contributed by atoms with Crippen LogP contribution in [0.15, 0.2) is 42.5 Å². The van der Waals surface area contributed by atoms with E-state index in [1.165, 1.54) is 0 Å². The Morgan fingerprint density at radius 1 is 0.958 bits per heavy atom. The molecule has 0 heterocycles. The van der Waals surface area contributed by atoms with Crippen molar-refractivity contribution in [2.75, 3.05) is 25.5 Å². The quantitative estimate of drug-likeness (QED) is 0.788. The lowest BCUT2D eigenvalue weighted by Crippen LogP contribution is -2.27. The van der Waals surface area contributed by atoms with Crippen LogP contribution >= 0.6 is 23.2 Å². The third kappa shape index (κ3) is 5.67. The Morgan fingerprint density at radius 3 is 2.17 bits per heavy atom. The van der Waals surface area contributed by atoms with Crippen LogP contribution in [0.3, 0.4) is 0 Å². The van der Waals surface area contributed by atoms with Crippen LogP contribution in [0.5, 0.6) is 0 Å². The first-order valence-corrected chi connectivity index (χ1v) is 9.85. The van der Waals surface area contributed by atoms with Crippen molar-refractivity contribution in [3.05, 3.63) is 63.6 Å². The van der Waals surface area contributed by atoms with Gasteiger partial charge in [0.1, 0.15) is 0 Å². The molecule has 0 spiro atoms. The van der Waals surface area contributed by atoms with Crippen LogP contribution in [-0.4, -0.2) is 29.1 Å². The topological polar surface area (TPSA) is 49.4 Å². The number of anilines is 1. The van der Waals surface area contributed by atoms with Gasteiger partial charge in [-0.1, -0.05) is 41.4 Å². The molecule has 0 aliphatic heterocycles. The second-order valence-corrected chi connectivity index (χ2v) is 8.33. The molecule has 2 rings (SSSR count). The summed E-state index contributed by atoms with van der Waals surface area (Å²) >= 11 is 11.7. The minimum absolute atomic E-state index is 0.122. The normalized spacial score (nSPS) is 11.5. The van der Waals surface area contributed by atoms with E-state index in [0.29, 0.717) is 28.6 Å². The van der Waals surface area contributed by atoms with Gasteiger partial charge in [-0.05, 0) is 41.8 Å². The monoisotopic (exact) mass is 386 g/mol. The van der Waals surface area contributed by atoms with Crippen LogP contribution in [-0.2, 0) is 22.2 Å². The number of nitrogens with one attached hydrogen (secondary N) is 1. The molecule has 1 N–H and O–H groups in total. The van der Waals surface area contributed by atoms with Gasteiger partial charge in [0, 0.05) is 26.3 Å². The fourth-order valence-electron chi connectivity index (χ4n) is 2.21. The number of hydrogen-bond acceptors (Lipinski definition) is 3. The minimum Gasteiger partial charge on any atom is -0.378 e. The smallest absolute Gasteiger partial charge is 0.215 e. The van der Waals surface area contributed by atoms with E-state index in [2.05, 4.69) is 4.72 Å². The molecule has 4 nitrogen and oxygen atoms in total. The molecule has 0 amide bonds. The number of halogens is 2.